The lowest BCUT2D eigenvalue weighted by Crippen LogP contribution is -2.41. The van der Waals surface area contributed by atoms with Crippen molar-refractivity contribution in [1.82, 2.24) is 31.9 Å². The highest BCUT2D eigenvalue weighted by molar-refractivity contribution is 5.91. The van der Waals surface area contributed by atoms with Gasteiger partial charge in [0, 0.05) is 147 Å². The summed E-state index contributed by atoms with van der Waals surface area (Å²) >= 11 is 0. The Morgan fingerprint density at radius 2 is 0.550 bits per heavy atom. The van der Waals surface area contributed by atoms with Crippen LogP contribution in [0.3, 0.4) is 0 Å². The maximum absolute atomic E-state index is 13.8. The number of unbranched alkanes of at least 4 members (excludes halogenated alkanes) is 24. The Morgan fingerprint density at radius 3 is 0.943 bits per heavy atom. The number of ketones is 7. The van der Waals surface area contributed by atoms with Crippen LogP contribution in [0.25, 0.3) is 0 Å². The molecule has 0 bridgehead atoms. The number of rotatable bonds is 103. The molecule has 0 spiro atoms. The monoisotopic (exact) mass is 2000 g/mol. The molecule has 0 aromatic heterocycles. The molecule has 0 aromatic carbocycles. The average Bonchev–Trinajstić information content (AvgIpc) is 0.872. The smallest absolute Gasteiger partial charge is 0.326 e. The molecule has 0 radical (unpaired) electrons. The van der Waals surface area contributed by atoms with Gasteiger partial charge in [0.2, 0.25) is 35.4 Å². The number of amides is 6. The number of nitrogens with one attached hydrogen (secondary N) is 6. The van der Waals surface area contributed by atoms with E-state index in [4.69, 9.17) is 48.1 Å². The third kappa shape index (κ3) is 82.6. The molecule has 0 unspecified atom stereocenters. The summed E-state index contributed by atoms with van der Waals surface area (Å²) in [5, 5.41) is 71.9. The fraction of sp³-hybridized carbons (Fsp3) is 0.812. The van der Waals surface area contributed by atoms with Crippen molar-refractivity contribution in [3.63, 3.8) is 0 Å². The van der Waals surface area contributed by atoms with Gasteiger partial charge in [-0.05, 0) is 103 Å². The van der Waals surface area contributed by atoms with Gasteiger partial charge < -0.3 is 100 Å². The molecule has 0 fully saturated rings. The van der Waals surface area contributed by atoms with Crippen LogP contribution in [0.2, 0.25) is 0 Å². The molecule has 0 aliphatic heterocycles. The predicted octanol–water partition coefficient (Wildman–Crippen LogP) is 11.5. The summed E-state index contributed by atoms with van der Waals surface area (Å²) in [6.45, 7) is 8.82. The zero-order valence-corrected chi connectivity index (χ0v) is 84.4. The Kier molecular flexibility index (Phi) is 82.1. The summed E-state index contributed by atoms with van der Waals surface area (Å²) in [6, 6.07) is -2.68. The van der Waals surface area contributed by atoms with E-state index in [-0.39, 0.29) is 274 Å². The first-order valence-electron chi connectivity index (χ1n) is 51.3. The van der Waals surface area contributed by atoms with Crippen molar-refractivity contribution in [2.75, 3.05) is 132 Å². The van der Waals surface area contributed by atoms with E-state index in [0.717, 1.165) is 141 Å². The molecule has 0 aliphatic carbocycles. The van der Waals surface area contributed by atoms with E-state index < -0.39 is 113 Å². The van der Waals surface area contributed by atoms with Crippen molar-refractivity contribution in [3.05, 3.63) is 0 Å². The largest absolute Gasteiger partial charge is 0.481 e. The zero-order chi connectivity index (χ0) is 104. The molecule has 6 amide bonds. The molecule has 804 valence electrons. The summed E-state index contributed by atoms with van der Waals surface area (Å²) in [5.74, 6) is -13.9. The molecular formula is C101H172N6O33. The fourth-order valence-electron chi connectivity index (χ4n) is 15.1. The Bertz CT molecular complexity index is 3540. The van der Waals surface area contributed by atoms with Gasteiger partial charge >= 0.3 is 35.8 Å². The van der Waals surface area contributed by atoms with Crippen LogP contribution in [0.5, 0.6) is 0 Å². The molecule has 6 atom stereocenters. The van der Waals surface area contributed by atoms with Crippen LogP contribution >= 0.6 is 0 Å². The number of hydrogen-bond donors (Lipinski definition) is 12. The number of ether oxygens (including phenoxy) is 8. The minimum atomic E-state index is -1.37. The van der Waals surface area contributed by atoms with Gasteiger partial charge in [-0.2, -0.15) is 0 Å². The van der Waals surface area contributed by atoms with Crippen molar-refractivity contribution in [2.24, 2.45) is 29.1 Å². The van der Waals surface area contributed by atoms with Gasteiger partial charge in [0.1, 0.15) is 73.2 Å². The molecular weight excluding hydrogens is 1830 g/mol. The normalized spacial score (nSPS) is 12.7. The molecule has 39 heteroatoms. The molecule has 0 aromatic rings. The second-order valence-electron chi connectivity index (χ2n) is 37.1. The highest BCUT2D eigenvalue weighted by Gasteiger charge is 2.31. The summed E-state index contributed by atoms with van der Waals surface area (Å²) in [7, 11) is 0. The Morgan fingerprint density at radius 1 is 0.236 bits per heavy atom. The first-order valence-corrected chi connectivity index (χ1v) is 51.3. The van der Waals surface area contributed by atoms with Gasteiger partial charge in [-0.3, -0.25) is 81.5 Å². The second kappa shape index (κ2) is 87.8. The molecule has 0 heterocycles. The Balaban J connectivity index is 4.27. The van der Waals surface area contributed by atoms with Crippen LogP contribution in [-0.4, -0.2) is 286 Å². The van der Waals surface area contributed by atoms with Crippen LogP contribution in [-0.2, 0) is 129 Å². The van der Waals surface area contributed by atoms with Crippen LogP contribution < -0.4 is 31.9 Å². The van der Waals surface area contributed by atoms with Gasteiger partial charge in [-0.15, -0.1) is 0 Å². The Hall–Kier alpha value is -8.99. The van der Waals surface area contributed by atoms with Gasteiger partial charge in [0.25, 0.3) is 0 Å². The van der Waals surface area contributed by atoms with Crippen molar-refractivity contribution >= 4 is 112 Å². The topological polar surface area (TPSA) is 592 Å². The molecule has 0 aliphatic rings. The van der Waals surface area contributed by atoms with Crippen molar-refractivity contribution in [1.29, 1.82) is 0 Å². The number of carboxylic acid groups (broad SMARTS) is 6. The lowest BCUT2D eigenvalue weighted by Gasteiger charge is -2.22. The number of carboxylic acids is 6. The SMILES string of the molecule is CC(=O)[C@H](CCCCNC(=O)COCCOCCCC(=O)COCCOCCNC(=O)CC[C@H](CC(=O)CC[C@H](NC(=O)CCCCCCCCCCCCCCC(=O)O)C(=O)O)C(=O)O)CC(=O)[C@H](CCCCNC(=O)COCCOCCNC(=O)COCCOCCCC(=O)CC[C@H](NC(=O)CC[C@H](CC(=O)CCCCCCCCCCCCCCC(=O)O)C(=O)O)C(=O)O)CCC(=O)C(C)(C)C. The van der Waals surface area contributed by atoms with E-state index in [1.54, 1.807) is 0 Å². The van der Waals surface area contributed by atoms with E-state index in [9.17, 15) is 112 Å². The van der Waals surface area contributed by atoms with E-state index in [2.05, 4.69) is 31.9 Å². The van der Waals surface area contributed by atoms with Gasteiger partial charge in [-0.25, -0.2) is 9.59 Å². The molecule has 0 rings (SSSR count). The van der Waals surface area contributed by atoms with Crippen LogP contribution in [0.1, 0.15) is 355 Å². The van der Waals surface area contributed by atoms with Crippen molar-refractivity contribution in [3.8, 4) is 0 Å². The van der Waals surface area contributed by atoms with Gasteiger partial charge in [0.15, 0.2) is 5.78 Å². The highest BCUT2D eigenvalue weighted by Crippen LogP contribution is 2.28. The molecule has 0 saturated carbocycles. The third-order valence-corrected chi connectivity index (χ3v) is 23.6. The number of hydrogen-bond acceptors (Lipinski definition) is 27. The predicted molar refractivity (Wildman–Crippen MR) is 518 cm³/mol. The van der Waals surface area contributed by atoms with Crippen molar-refractivity contribution in [2.45, 2.75) is 367 Å². The number of carbonyl (C=O) groups is 19. The maximum Gasteiger partial charge on any atom is 0.326 e. The Labute approximate surface area is 827 Å². The van der Waals surface area contributed by atoms with Crippen molar-refractivity contribution < 1.29 is 160 Å². The number of aliphatic carboxylic acids is 6. The number of Topliss-reactive ketones (excluding diaryl/α,β-unsaturated/α-hetero) is 7. The summed E-state index contributed by atoms with van der Waals surface area (Å²) in [4.78, 5) is 233. The summed E-state index contributed by atoms with van der Waals surface area (Å²) < 4.78 is 43.5. The van der Waals surface area contributed by atoms with Gasteiger partial charge in [-0.1, -0.05) is 162 Å². The minimum absolute atomic E-state index is 0.0163. The lowest BCUT2D eigenvalue weighted by molar-refractivity contribution is -0.145. The summed E-state index contributed by atoms with van der Waals surface area (Å²) in [6.07, 6.45) is 26.9. The highest BCUT2D eigenvalue weighted by atomic mass is 16.5. The van der Waals surface area contributed by atoms with E-state index >= 15 is 0 Å². The zero-order valence-electron chi connectivity index (χ0n) is 84.4. The quantitative estimate of drug-likeness (QED) is 0.0252. The van der Waals surface area contributed by atoms with Crippen LogP contribution in [0, 0.1) is 29.1 Å². The van der Waals surface area contributed by atoms with Gasteiger partial charge in [0.05, 0.1) is 77.9 Å². The standard InChI is InChI=1S/C101H172N6O33/c1-76(108)78(36-30-32-54-103-92(118)73-138-66-62-134-58-34-39-84(112)72-137-65-63-135-59-55-104-89(115)51-44-79(97(125)126)70-83(111)47-49-86(100(131)132)106-90(116)40-26-22-18-14-10-6-8-12-16-20-24-28-42-96(123)124)71-87(113)77(43-50-88(114)101(2,3)4)35-29-31-53-102-93(119)74-140-68-64-136-60-56-105-94(120)75-139-67-61-133-57-33-38-81(109)46-48-85(99(129)130)107-91(117)52-45-80(98(127)128)69-82(110)37-25-21-17-13-9-5-7-11-15-19-23-27-41-95(121)122/h77-80,85-86H,5-75H2,1-4H3,(H,102,119)(H,103,118)(H,104,115)(H,105,120)(H,106,116)(H,107,117)(H,121,122)(H,123,124)(H,125,126)(H,127,128)(H,129,130)(H,131,132)/t77-,78-,79-,80-,85+,86+/m1/s1. The average molecular weight is 2000 g/mol. The first kappa shape index (κ1) is 131. The van der Waals surface area contributed by atoms with Crippen LogP contribution in [0.15, 0.2) is 0 Å². The van der Waals surface area contributed by atoms with E-state index in [1.807, 2.05) is 20.8 Å². The maximum atomic E-state index is 13.8. The van der Waals surface area contributed by atoms with E-state index in [1.165, 1.54) is 6.92 Å². The lowest BCUT2D eigenvalue weighted by atomic mass is 9.81. The van der Waals surface area contributed by atoms with Crippen LogP contribution in [0.4, 0.5) is 0 Å². The molecule has 0 saturated heterocycles. The molecule has 39 nitrogen and oxygen atoms in total. The summed E-state index contributed by atoms with van der Waals surface area (Å²) in [5.41, 5.74) is -0.597. The molecule has 12 N–H and O–H groups in total. The third-order valence-electron chi connectivity index (χ3n) is 23.6. The molecule has 140 heavy (non-hydrogen) atoms. The van der Waals surface area contributed by atoms with E-state index in [0.29, 0.717) is 83.7 Å². The fourth-order valence-corrected chi connectivity index (χ4v) is 15.1. The second-order valence-corrected chi connectivity index (χ2v) is 37.1. The first-order chi connectivity index (χ1) is 67.0. The number of carbonyl (C=O) groups excluding carboxylic acids is 13. The minimum Gasteiger partial charge on any atom is -0.481 e.